The van der Waals surface area contributed by atoms with E-state index >= 15 is 0 Å². The van der Waals surface area contributed by atoms with Crippen LogP contribution >= 0.6 is 0 Å². The fraction of sp³-hybridized carbons (Fsp3) is 0.263. The summed E-state index contributed by atoms with van der Waals surface area (Å²) in [5, 5.41) is 5.98. The molecular weight excluding hydrogens is 302 g/mol. The molecule has 2 aromatic carbocycles. The molecule has 1 atom stereocenters. The smallest absolute Gasteiger partial charge is 0.248 e. The Bertz CT molecular complexity index is 706. The van der Waals surface area contributed by atoms with Gasteiger partial charge in [-0.25, -0.2) is 0 Å². The number of hydrogen-bond donors (Lipinski definition) is 3. The van der Waals surface area contributed by atoms with Gasteiger partial charge in [0, 0.05) is 16.9 Å². The Morgan fingerprint density at radius 3 is 1.92 bits per heavy atom. The molecule has 2 rings (SSSR count). The topological polar surface area (TPSA) is 84.2 Å². The highest BCUT2D eigenvalue weighted by atomic mass is 16.2. The summed E-state index contributed by atoms with van der Waals surface area (Å²) >= 11 is 0. The Balaban J connectivity index is 1.95. The first-order chi connectivity index (χ1) is 11.4. The standard InChI is InChI=1S/C19H23N3O2/c1-12(2)14-4-8-16(9-5-14)21-13(3)19(24)22-17-10-6-15(7-11-17)18(20)23/h4-13,21H,1-3H3,(H2,20,23)(H,22,24)/t13-/m1/s1. The van der Waals surface area contributed by atoms with E-state index in [4.69, 9.17) is 5.73 Å². The maximum absolute atomic E-state index is 12.2. The van der Waals surface area contributed by atoms with Crippen molar-refractivity contribution in [3.63, 3.8) is 0 Å². The van der Waals surface area contributed by atoms with Crippen LogP contribution in [-0.4, -0.2) is 17.9 Å². The summed E-state index contributed by atoms with van der Waals surface area (Å²) in [5.74, 6) is -0.175. The summed E-state index contributed by atoms with van der Waals surface area (Å²) in [6, 6.07) is 14.1. The van der Waals surface area contributed by atoms with Crippen molar-refractivity contribution in [2.24, 2.45) is 5.73 Å². The minimum absolute atomic E-state index is 0.158. The minimum atomic E-state index is -0.493. The molecule has 126 valence electrons. The lowest BCUT2D eigenvalue weighted by Gasteiger charge is -2.16. The lowest BCUT2D eigenvalue weighted by molar-refractivity contribution is -0.116. The van der Waals surface area contributed by atoms with Crippen molar-refractivity contribution in [3.8, 4) is 0 Å². The predicted molar refractivity (Wildman–Crippen MR) is 97.2 cm³/mol. The van der Waals surface area contributed by atoms with E-state index in [1.807, 2.05) is 12.1 Å². The van der Waals surface area contributed by atoms with Crippen molar-refractivity contribution in [1.82, 2.24) is 0 Å². The van der Waals surface area contributed by atoms with Gasteiger partial charge in [0.05, 0.1) is 0 Å². The molecule has 24 heavy (non-hydrogen) atoms. The lowest BCUT2D eigenvalue weighted by Crippen LogP contribution is -2.31. The van der Waals surface area contributed by atoms with E-state index in [0.29, 0.717) is 17.2 Å². The highest BCUT2D eigenvalue weighted by Crippen LogP contribution is 2.18. The maximum Gasteiger partial charge on any atom is 0.248 e. The number of rotatable bonds is 6. The van der Waals surface area contributed by atoms with Crippen molar-refractivity contribution in [3.05, 3.63) is 59.7 Å². The fourth-order valence-electron chi connectivity index (χ4n) is 2.25. The molecule has 0 saturated heterocycles. The second-order valence-electron chi connectivity index (χ2n) is 6.07. The highest BCUT2D eigenvalue weighted by Gasteiger charge is 2.13. The number of amides is 2. The third-order valence-corrected chi connectivity index (χ3v) is 3.79. The Labute approximate surface area is 142 Å². The first-order valence-corrected chi connectivity index (χ1v) is 7.94. The molecule has 5 heteroatoms. The molecule has 0 aliphatic heterocycles. The van der Waals surface area contributed by atoms with Gasteiger partial charge in [-0.1, -0.05) is 26.0 Å². The van der Waals surface area contributed by atoms with E-state index in [1.54, 1.807) is 31.2 Å². The van der Waals surface area contributed by atoms with Gasteiger partial charge in [0.15, 0.2) is 0 Å². The Hall–Kier alpha value is -2.82. The van der Waals surface area contributed by atoms with Crippen LogP contribution in [0.3, 0.4) is 0 Å². The monoisotopic (exact) mass is 325 g/mol. The Morgan fingerprint density at radius 1 is 0.875 bits per heavy atom. The summed E-state index contributed by atoms with van der Waals surface area (Å²) < 4.78 is 0. The Kier molecular flexibility index (Phi) is 5.58. The molecule has 0 heterocycles. The summed E-state index contributed by atoms with van der Waals surface area (Å²) in [6.07, 6.45) is 0. The number of benzene rings is 2. The van der Waals surface area contributed by atoms with E-state index in [-0.39, 0.29) is 5.91 Å². The minimum Gasteiger partial charge on any atom is -0.374 e. The van der Waals surface area contributed by atoms with E-state index in [1.165, 1.54) is 5.56 Å². The van der Waals surface area contributed by atoms with Gasteiger partial charge in [-0.2, -0.15) is 0 Å². The van der Waals surface area contributed by atoms with Crippen molar-refractivity contribution < 1.29 is 9.59 Å². The van der Waals surface area contributed by atoms with Gasteiger partial charge in [0.2, 0.25) is 11.8 Å². The van der Waals surface area contributed by atoms with Gasteiger partial charge < -0.3 is 16.4 Å². The fourth-order valence-corrected chi connectivity index (χ4v) is 2.25. The van der Waals surface area contributed by atoms with Gasteiger partial charge in [-0.3, -0.25) is 9.59 Å². The highest BCUT2D eigenvalue weighted by molar-refractivity contribution is 5.97. The number of anilines is 2. The van der Waals surface area contributed by atoms with E-state index < -0.39 is 11.9 Å². The van der Waals surface area contributed by atoms with Crippen LogP contribution in [0.25, 0.3) is 0 Å². The number of nitrogens with two attached hydrogens (primary N) is 1. The third kappa shape index (κ3) is 4.59. The number of nitrogens with one attached hydrogen (secondary N) is 2. The molecule has 2 amide bonds. The number of hydrogen-bond acceptors (Lipinski definition) is 3. The van der Waals surface area contributed by atoms with Crippen LogP contribution in [0.15, 0.2) is 48.5 Å². The molecule has 0 aromatic heterocycles. The van der Waals surface area contributed by atoms with Crippen LogP contribution in [-0.2, 0) is 4.79 Å². The lowest BCUT2D eigenvalue weighted by atomic mass is 10.0. The van der Waals surface area contributed by atoms with E-state index in [9.17, 15) is 9.59 Å². The molecule has 0 saturated carbocycles. The average Bonchev–Trinajstić information content (AvgIpc) is 2.55. The third-order valence-electron chi connectivity index (χ3n) is 3.79. The van der Waals surface area contributed by atoms with Crippen LogP contribution < -0.4 is 16.4 Å². The zero-order chi connectivity index (χ0) is 17.7. The average molecular weight is 325 g/mol. The molecule has 0 unspecified atom stereocenters. The zero-order valence-electron chi connectivity index (χ0n) is 14.2. The molecule has 0 spiro atoms. The van der Waals surface area contributed by atoms with Crippen molar-refractivity contribution in [2.45, 2.75) is 32.7 Å². The molecular formula is C19H23N3O2. The SMILES string of the molecule is CC(C)c1ccc(N[C@H](C)C(=O)Nc2ccc(C(N)=O)cc2)cc1. The molecule has 0 aliphatic carbocycles. The molecule has 0 aliphatic rings. The van der Waals surface area contributed by atoms with Gasteiger partial charge in [-0.15, -0.1) is 0 Å². The van der Waals surface area contributed by atoms with Crippen molar-refractivity contribution in [2.75, 3.05) is 10.6 Å². The summed E-state index contributed by atoms with van der Waals surface area (Å²) in [6.45, 7) is 6.08. The summed E-state index contributed by atoms with van der Waals surface area (Å²) in [4.78, 5) is 23.3. The van der Waals surface area contributed by atoms with Crippen LogP contribution in [0, 0.1) is 0 Å². The molecule has 2 aromatic rings. The normalized spacial score (nSPS) is 11.8. The molecule has 0 bridgehead atoms. The molecule has 0 radical (unpaired) electrons. The second-order valence-corrected chi connectivity index (χ2v) is 6.07. The Morgan fingerprint density at radius 2 is 1.42 bits per heavy atom. The zero-order valence-corrected chi connectivity index (χ0v) is 14.2. The van der Waals surface area contributed by atoms with Crippen LogP contribution in [0.5, 0.6) is 0 Å². The van der Waals surface area contributed by atoms with E-state index in [0.717, 1.165) is 5.69 Å². The molecule has 0 fully saturated rings. The molecule has 5 nitrogen and oxygen atoms in total. The van der Waals surface area contributed by atoms with Crippen LogP contribution in [0.2, 0.25) is 0 Å². The number of carbonyl (C=O) groups is 2. The first-order valence-electron chi connectivity index (χ1n) is 7.94. The van der Waals surface area contributed by atoms with Gasteiger partial charge in [0.25, 0.3) is 0 Å². The van der Waals surface area contributed by atoms with E-state index in [2.05, 4.69) is 36.6 Å². The first kappa shape index (κ1) is 17.5. The molecule has 4 N–H and O–H groups in total. The summed E-state index contributed by atoms with van der Waals surface area (Å²) in [5.41, 5.74) is 8.37. The van der Waals surface area contributed by atoms with Crippen LogP contribution in [0.1, 0.15) is 42.6 Å². The predicted octanol–water partition coefficient (Wildman–Crippen LogP) is 3.35. The van der Waals surface area contributed by atoms with Gasteiger partial charge >= 0.3 is 0 Å². The number of primary amides is 1. The number of carbonyl (C=O) groups excluding carboxylic acids is 2. The van der Waals surface area contributed by atoms with Crippen LogP contribution in [0.4, 0.5) is 11.4 Å². The van der Waals surface area contributed by atoms with Crippen molar-refractivity contribution >= 4 is 23.2 Å². The van der Waals surface area contributed by atoms with Crippen molar-refractivity contribution in [1.29, 1.82) is 0 Å². The summed E-state index contributed by atoms with van der Waals surface area (Å²) in [7, 11) is 0. The van der Waals surface area contributed by atoms with Gasteiger partial charge in [-0.05, 0) is 54.8 Å². The second kappa shape index (κ2) is 7.64. The quantitative estimate of drug-likeness (QED) is 0.761. The largest absolute Gasteiger partial charge is 0.374 e. The van der Waals surface area contributed by atoms with Gasteiger partial charge in [0.1, 0.15) is 6.04 Å². The maximum atomic E-state index is 12.2.